The van der Waals surface area contributed by atoms with Crippen molar-refractivity contribution in [3.8, 4) is 11.5 Å². The van der Waals surface area contributed by atoms with Crippen molar-refractivity contribution in [2.45, 2.75) is 0 Å². The number of nitrogens with zero attached hydrogens (tertiary/aromatic N) is 2. The standard InChI is InChI=1S/C19H15N3O6S2/c1-28-13-5-2-11(3-6-13)8-16-18(25)21(19(29)30-16)10-17(24)20-14-9-12(22(26)27)4-7-15(14)23/h2-9,23H,10H2,1H3,(H,20,24)/b16-8-. The van der Waals surface area contributed by atoms with Gasteiger partial charge in [-0.1, -0.05) is 36.1 Å². The van der Waals surface area contributed by atoms with E-state index in [1.54, 1.807) is 37.5 Å². The first-order chi connectivity index (χ1) is 14.3. The second kappa shape index (κ2) is 8.93. The Bertz CT molecular complexity index is 1070. The molecule has 2 aromatic carbocycles. The van der Waals surface area contributed by atoms with Crippen LogP contribution in [0, 0.1) is 10.1 Å². The third-order valence-electron chi connectivity index (χ3n) is 4.05. The summed E-state index contributed by atoms with van der Waals surface area (Å²) in [7, 11) is 1.55. The van der Waals surface area contributed by atoms with E-state index in [4.69, 9.17) is 17.0 Å². The molecule has 1 aliphatic heterocycles. The molecule has 0 radical (unpaired) electrons. The lowest BCUT2D eigenvalue weighted by Crippen LogP contribution is -2.36. The van der Waals surface area contributed by atoms with Crippen LogP contribution in [0.1, 0.15) is 5.56 Å². The molecule has 9 nitrogen and oxygen atoms in total. The van der Waals surface area contributed by atoms with E-state index in [9.17, 15) is 24.8 Å². The van der Waals surface area contributed by atoms with Gasteiger partial charge in [-0.3, -0.25) is 24.6 Å². The van der Waals surface area contributed by atoms with E-state index in [1.807, 2.05) is 0 Å². The zero-order valence-electron chi connectivity index (χ0n) is 15.5. The number of methoxy groups -OCH3 is 1. The molecule has 0 unspecified atom stereocenters. The van der Waals surface area contributed by atoms with E-state index in [-0.39, 0.29) is 21.4 Å². The number of benzene rings is 2. The van der Waals surface area contributed by atoms with Crippen LogP contribution in [-0.4, -0.2) is 44.7 Å². The van der Waals surface area contributed by atoms with Crippen molar-refractivity contribution in [1.82, 2.24) is 4.90 Å². The summed E-state index contributed by atoms with van der Waals surface area (Å²) in [6, 6.07) is 10.3. The van der Waals surface area contributed by atoms with Crippen molar-refractivity contribution in [3.05, 3.63) is 63.0 Å². The van der Waals surface area contributed by atoms with E-state index >= 15 is 0 Å². The highest BCUT2D eigenvalue weighted by Crippen LogP contribution is 2.33. The Hall–Kier alpha value is -3.44. The van der Waals surface area contributed by atoms with Gasteiger partial charge in [-0.2, -0.15) is 0 Å². The Morgan fingerprint density at radius 2 is 2.03 bits per heavy atom. The van der Waals surface area contributed by atoms with Crippen molar-refractivity contribution in [2.24, 2.45) is 0 Å². The third kappa shape index (κ3) is 4.75. The van der Waals surface area contributed by atoms with Gasteiger partial charge in [-0.15, -0.1) is 0 Å². The molecule has 2 N–H and O–H groups in total. The smallest absolute Gasteiger partial charge is 0.271 e. The molecular weight excluding hydrogens is 430 g/mol. The van der Waals surface area contributed by atoms with Gasteiger partial charge in [0.2, 0.25) is 5.91 Å². The van der Waals surface area contributed by atoms with Crippen LogP contribution in [0.25, 0.3) is 6.08 Å². The molecule has 1 aliphatic rings. The lowest BCUT2D eigenvalue weighted by Gasteiger charge is -2.14. The summed E-state index contributed by atoms with van der Waals surface area (Å²) in [4.78, 5) is 36.7. The molecule has 154 valence electrons. The minimum atomic E-state index is -0.659. The number of thioether (sulfide) groups is 1. The summed E-state index contributed by atoms with van der Waals surface area (Å²) in [6.45, 7) is -0.396. The molecule has 0 spiro atoms. The van der Waals surface area contributed by atoms with Gasteiger partial charge >= 0.3 is 0 Å². The highest BCUT2D eigenvalue weighted by atomic mass is 32.2. The van der Waals surface area contributed by atoms with E-state index < -0.39 is 23.3 Å². The quantitative estimate of drug-likeness (QED) is 0.229. The maximum atomic E-state index is 12.6. The zero-order valence-corrected chi connectivity index (χ0v) is 17.2. The number of nitro groups is 1. The molecule has 1 saturated heterocycles. The number of phenols is 1. The first-order valence-electron chi connectivity index (χ1n) is 8.45. The number of amides is 2. The van der Waals surface area contributed by atoms with Gasteiger partial charge in [0.1, 0.15) is 22.4 Å². The predicted octanol–water partition coefficient (Wildman–Crippen LogP) is 3.15. The zero-order chi connectivity index (χ0) is 21.8. The number of anilines is 1. The molecule has 2 aromatic rings. The molecule has 0 saturated carbocycles. The van der Waals surface area contributed by atoms with Gasteiger partial charge in [0, 0.05) is 12.1 Å². The average molecular weight is 445 g/mol. The minimum absolute atomic E-state index is 0.131. The minimum Gasteiger partial charge on any atom is -0.506 e. The Kier molecular flexibility index (Phi) is 6.33. The molecule has 0 aliphatic carbocycles. The maximum Gasteiger partial charge on any atom is 0.271 e. The van der Waals surface area contributed by atoms with Crippen LogP contribution in [0.15, 0.2) is 47.4 Å². The van der Waals surface area contributed by atoms with Gasteiger partial charge in [0.15, 0.2) is 0 Å². The maximum absolute atomic E-state index is 12.6. The second-order valence-electron chi connectivity index (χ2n) is 6.05. The van der Waals surface area contributed by atoms with Crippen molar-refractivity contribution in [3.63, 3.8) is 0 Å². The van der Waals surface area contributed by atoms with E-state index in [0.29, 0.717) is 10.7 Å². The summed E-state index contributed by atoms with van der Waals surface area (Å²) >= 11 is 6.27. The Morgan fingerprint density at radius 3 is 2.67 bits per heavy atom. The molecule has 0 atom stereocenters. The third-order valence-corrected chi connectivity index (χ3v) is 5.43. The molecule has 2 amide bonds. The van der Waals surface area contributed by atoms with Crippen LogP contribution in [0.3, 0.4) is 0 Å². The highest BCUT2D eigenvalue weighted by molar-refractivity contribution is 8.26. The van der Waals surface area contributed by atoms with Crippen LogP contribution in [0.5, 0.6) is 11.5 Å². The fourth-order valence-corrected chi connectivity index (χ4v) is 3.81. The summed E-state index contributed by atoms with van der Waals surface area (Å²) in [5.74, 6) is -0.744. The van der Waals surface area contributed by atoms with Gasteiger partial charge in [-0.05, 0) is 29.8 Å². The largest absolute Gasteiger partial charge is 0.506 e. The Labute approximate surface area is 180 Å². The molecule has 0 bridgehead atoms. The number of rotatable bonds is 6. The van der Waals surface area contributed by atoms with Gasteiger partial charge in [-0.25, -0.2) is 0 Å². The molecule has 30 heavy (non-hydrogen) atoms. The number of ether oxygens (including phenoxy) is 1. The molecule has 3 rings (SSSR count). The monoisotopic (exact) mass is 445 g/mol. The first-order valence-corrected chi connectivity index (χ1v) is 9.67. The van der Waals surface area contributed by atoms with Gasteiger partial charge < -0.3 is 15.2 Å². The number of hydrogen-bond acceptors (Lipinski definition) is 8. The SMILES string of the molecule is COc1ccc(/C=C2\SC(=S)N(CC(=O)Nc3cc([N+](=O)[O-])ccc3O)C2=O)cc1. The number of nitro benzene ring substituents is 1. The van der Waals surface area contributed by atoms with Crippen LogP contribution in [0.2, 0.25) is 0 Å². The van der Waals surface area contributed by atoms with Crippen LogP contribution in [0.4, 0.5) is 11.4 Å². The number of carbonyl (C=O) groups is 2. The van der Waals surface area contributed by atoms with Gasteiger partial charge in [0.25, 0.3) is 11.6 Å². The molecule has 1 heterocycles. The second-order valence-corrected chi connectivity index (χ2v) is 7.72. The van der Waals surface area contributed by atoms with Crippen molar-refractivity contribution in [2.75, 3.05) is 19.0 Å². The van der Waals surface area contributed by atoms with Gasteiger partial charge in [0.05, 0.1) is 22.6 Å². The van der Waals surface area contributed by atoms with E-state index in [2.05, 4.69) is 5.32 Å². The average Bonchev–Trinajstić information content (AvgIpc) is 2.97. The molecule has 1 fully saturated rings. The number of carbonyl (C=O) groups excluding carboxylic acids is 2. The lowest BCUT2D eigenvalue weighted by molar-refractivity contribution is -0.384. The summed E-state index contributed by atoms with van der Waals surface area (Å²) < 4.78 is 5.30. The summed E-state index contributed by atoms with van der Waals surface area (Å²) in [6.07, 6.45) is 1.66. The normalized spacial score (nSPS) is 14.8. The topological polar surface area (TPSA) is 122 Å². The Balaban J connectivity index is 1.71. The number of nitrogens with one attached hydrogen (secondary N) is 1. The summed E-state index contributed by atoms with van der Waals surface area (Å²) in [5.41, 5.74) is 0.340. The van der Waals surface area contributed by atoms with Crippen molar-refractivity contribution in [1.29, 1.82) is 0 Å². The molecule has 0 aromatic heterocycles. The van der Waals surface area contributed by atoms with Crippen LogP contribution in [-0.2, 0) is 9.59 Å². The number of phenolic OH excluding ortho intramolecular Hbond substituents is 1. The number of aromatic hydroxyl groups is 1. The molecule has 11 heteroatoms. The number of hydrogen-bond donors (Lipinski definition) is 2. The lowest BCUT2D eigenvalue weighted by atomic mass is 10.2. The van der Waals surface area contributed by atoms with Crippen LogP contribution >= 0.6 is 24.0 Å². The fourth-order valence-electron chi connectivity index (χ4n) is 2.56. The van der Waals surface area contributed by atoms with Crippen molar-refractivity contribution < 1.29 is 24.4 Å². The van der Waals surface area contributed by atoms with Crippen LogP contribution < -0.4 is 10.1 Å². The van der Waals surface area contributed by atoms with Crippen molar-refractivity contribution >= 4 is 57.6 Å². The molecular formula is C19H15N3O6S2. The van der Waals surface area contributed by atoms with E-state index in [1.165, 1.54) is 0 Å². The first kappa shape index (κ1) is 21.3. The summed E-state index contributed by atoms with van der Waals surface area (Å²) in [5, 5.41) is 23.0. The number of non-ortho nitro benzene ring substituents is 1. The predicted molar refractivity (Wildman–Crippen MR) is 116 cm³/mol. The fraction of sp³-hybridized carbons (Fsp3) is 0.105. The highest BCUT2D eigenvalue weighted by Gasteiger charge is 2.33. The Morgan fingerprint density at radius 1 is 1.33 bits per heavy atom. The van der Waals surface area contributed by atoms with E-state index in [0.717, 1.165) is 40.4 Å². The number of thiocarbonyl (C=S) groups is 1.